The minimum atomic E-state index is -2.19. The van der Waals surface area contributed by atoms with Gasteiger partial charge >= 0.3 is 11.9 Å². The molecule has 0 fully saturated rings. The fourth-order valence-corrected chi connectivity index (χ4v) is 2.86. The highest BCUT2D eigenvalue weighted by atomic mass is 35.5. The van der Waals surface area contributed by atoms with Gasteiger partial charge < -0.3 is 14.6 Å². The van der Waals surface area contributed by atoms with Crippen molar-refractivity contribution in [2.24, 2.45) is 5.92 Å². The minimum absolute atomic E-state index is 0.199. The van der Waals surface area contributed by atoms with Crippen molar-refractivity contribution in [1.29, 1.82) is 0 Å². The molecule has 1 aliphatic heterocycles. The summed E-state index contributed by atoms with van der Waals surface area (Å²) in [4.78, 5) is 24.0. The van der Waals surface area contributed by atoms with E-state index in [9.17, 15) is 14.7 Å². The van der Waals surface area contributed by atoms with Gasteiger partial charge in [0.2, 0.25) is 0 Å². The van der Waals surface area contributed by atoms with Crippen LogP contribution >= 0.6 is 11.6 Å². The summed E-state index contributed by atoms with van der Waals surface area (Å²) in [7, 11) is 1.14. The van der Waals surface area contributed by atoms with Crippen LogP contribution in [0.15, 0.2) is 42.2 Å². The number of halogens is 1. The number of methoxy groups -OCH3 is 1. The van der Waals surface area contributed by atoms with Gasteiger partial charge in [-0.15, -0.1) is 11.6 Å². The number of hydrogen-bond donors (Lipinski definition) is 1. The Bertz CT molecular complexity index is 598. The molecule has 22 heavy (non-hydrogen) atoms. The predicted octanol–water partition coefficient (Wildman–Crippen LogP) is 1.82. The van der Waals surface area contributed by atoms with E-state index in [1.165, 1.54) is 6.08 Å². The highest BCUT2D eigenvalue weighted by molar-refractivity contribution is 6.23. The molecule has 0 radical (unpaired) electrons. The van der Waals surface area contributed by atoms with Gasteiger partial charge in [-0.05, 0) is 25.0 Å². The zero-order chi connectivity index (χ0) is 16.3. The molecule has 1 aromatic carbocycles. The first-order chi connectivity index (χ1) is 10.4. The van der Waals surface area contributed by atoms with Crippen LogP contribution in [0.3, 0.4) is 0 Å². The summed E-state index contributed by atoms with van der Waals surface area (Å²) in [6.45, 7) is 1.57. The van der Waals surface area contributed by atoms with Crippen LogP contribution in [0.5, 0.6) is 0 Å². The number of carbonyl (C=O) groups is 2. The zero-order valence-electron chi connectivity index (χ0n) is 12.3. The fourth-order valence-electron chi connectivity index (χ4n) is 2.46. The standard InChI is InChI=1S/C16H17ClO5/c1-10-8-12(14(18)22-10)16(20,15(19)21-2)13(17)9-11-6-4-3-5-7-11/h3-8,12-13,20H,9H2,1-2H3/t12-,13-,16+/m0/s1. The molecular weight excluding hydrogens is 308 g/mol. The molecule has 0 bridgehead atoms. The molecule has 1 heterocycles. The highest BCUT2D eigenvalue weighted by Crippen LogP contribution is 2.35. The number of cyclic esters (lactones) is 1. The number of esters is 2. The Morgan fingerprint density at radius 2 is 2.09 bits per heavy atom. The Labute approximate surface area is 133 Å². The molecular formula is C16H17ClO5. The highest BCUT2D eigenvalue weighted by Gasteiger charge is 2.55. The average molecular weight is 325 g/mol. The quantitative estimate of drug-likeness (QED) is 0.660. The van der Waals surface area contributed by atoms with Crippen molar-refractivity contribution in [1.82, 2.24) is 0 Å². The van der Waals surface area contributed by atoms with Crippen LogP contribution in [0, 0.1) is 5.92 Å². The summed E-state index contributed by atoms with van der Waals surface area (Å²) in [6, 6.07) is 9.13. The smallest absolute Gasteiger partial charge is 0.340 e. The van der Waals surface area contributed by atoms with Crippen molar-refractivity contribution in [2.45, 2.75) is 24.3 Å². The number of alkyl halides is 1. The molecule has 0 spiro atoms. The third kappa shape index (κ3) is 3.00. The van der Waals surface area contributed by atoms with E-state index in [1.807, 2.05) is 30.3 Å². The number of carbonyl (C=O) groups excluding carboxylic acids is 2. The molecule has 0 aromatic heterocycles. The molecule has 6 heteroatoms. The van der Waals surface area contributed by atoms with Crippen molar-refractivity contribution in [2.75, 3.05) is 7.11 Å². The first-order valence-electron chi connectivity index (χ1n) is 6.78. The van der Waals surface area contributed by atoms with Crippen molar-refractivity contribution in [3.8, 4) is 0 Å². The van der Waals surface area contributed by atoms with Gasteiger partial charge in [-0.2, -0.15) is 0 Å². The van der Waals surface area contributed by atoms with Gasteiger partial charge in [0, 0.05) is 0 Å². The molecule has 118 valence electrons. The second kappa shape index (κ2) is 6.50. The summed E-state index contributed by atoms with van der Waals surface area (Å²) in [5, 5.41) is 9.79. The SMILES string of the molecule is COC(=O)[C@](O)([C@@H](Cl)Cc1ccccc1)[C@H]1C=C(C)OC1=O. The zero-order valence-corrected chi connectivity index (χ0v) is 13.0. The van der Waals surface area contributed by atoms with Crippen LogP contribution in [-0.2, 0) is 25.5 Å². The molecule has 1 aromatic rings. The normalized spacial score (nSPS) is 21.5. The van der Waals surface area contributed by atoms with E-state index in [-0.39, 0.29) is 6.42 Å². The number of aliphatic hydroxyl groups is 1. The summed E-state index contributed by atoms with van der Waals surface area (Å²) < 4.78 is 9.57. The minimum Gasteiger partial charge on any atom is -0.467 e. The molecule has 0 unspecified atom stereocenters. The van der Waals surface area contributed by atoms with Gasteiger partial charge in [-0.25, -0.2) is 4.79 Å². The van der Waals surface area contributed by atoms with Gasteiger partial charge in [-0.3, -0.25) is 4.79 Å². The van der Waals surface area contributed by atoms with Crippen molar-refractivity contribution >= 4 is 23.5 Å². The first kappa shape index (κ1) is 16.5. The third-order valence-electron chi connectivity index (χ3n) is 3.64. The van der Waals surface area contributed by atoms with Gasteiger partial charge in [0.15, 0.2) is 5.60 Å². The van der Waals surface area contributed by atoms with Crippen LogP contribution in [0.25, 0.3) is 0 Å². The molecule has 0 saturated heterocycles. The Balaban J connectivity index is 2.33. The predicted molar refractivity (Wildman–Crippen MR) is 80.1 cm³/mol. The van der Waals surface area contributed by atoms with Crippen molar-refractivity contribution < 1.29 is 24.2 Å². The maximum Gasteiger partial charge on any atom is 0.340 e. The Morgan fingerprint density at radius 3 is 2.59 bits per heavy atom. The lowest BCUT2D eigenvalue weighted by Crippen LogP contribution is -2.55. The van der Waals surface area contributed by atoms with Crippen LogP contribution in [0.2, 0.25) is 0 Å². The van der Waals surface area contributed by atoms with E-state index in [0.717, 1.165) is 12.7 Å². The van der Waals surface area contributed by atoms with E-state index in [0.29, 0.717) is 5.76 Å². The molecule has 3 atom stereocenters. The van der Waals surface area contributed by atoms with Gasteiger partial charge in [0.05, 0.1) is 12.5 Å². The van der Waals surface area contributed by atoms with Crippen molar-refractivity contribution in [3.05, 3.63) is 47.7 Å². The summed E-state index contributed by atoms with van der Waals surface area (Å²) in [5.41, 5.74) is -1.36. The van der Waals surface area contributed by atoms with E-state index in [1.54, 1.807) is 6.92 Å². The number of benzene rings is 1. The molecule has 1 N–H and O–H groups in total. The average Bonchev–Trinajstić information content (AvgIpc) is 2.85. The fraction of sp³-hybridized carbons (Fsp3) is 0.375. The maximum absolute atomic E-state index is 12.1. The van der Waals surface area contributed by atoms with Gasteiger partial charge in [-0.1, -0.05) is 30.3 Å². The molecule has 0 saturated carbocycles. The lowest BCUT2D eigenvalue weighted by molar-refractivity contribution is -0.173. The number of rotatable bonds is 5. The van der Waals surface area contributed by atoms with E-state index in [4.69, 9.17) is 16.3 Å². The largest absolute Gasteiger partial charge is 0.467 e. The van der Waals surface area contributed by atoms with Gasteiger partial charge in [0.25, 0.3) is 0 Å². The summed E-state index contributed by atoms with van der Waals surface area (Å²) in [5.74, 6) is -2.55. The molecule has 1 aliphatic rings. The number of allylic oxidation sites excluding steroid dienone is 1. The van der Waals surface area contributed by atoms with Gasteiger partial charge in [0.1, 0.15) is 11.7 Å². The summed E-state index contributed by atoms with van der Waals surface area (Å²) >= 11 is 6.30. The van der Waals surface area contributed by atoms with Crippen molar-refractivity contribution in [3.63, 3.8) is 0 Å². The van der Waals surface area contributed by atoms with Crippen LogP contribution in [-0.4, -0.2) is 35.1 Å². The lowest BCUT2D eigenvalue weighted by Gasteiger charge is -2.32. The third-order valence-corrected chi connectivity index (χ3v) is 4.13. The molecule has 0 amide bonds. The topological polar surface area (TPSA) is 72.8 Å². The Kier molecular flexibility index (Phi) is 4.88. The first-order valence-corrected chi connectivity index (χ1v) is 7.22. The maximum atomic E-state index is 12.1. The molecule has 0 aliphatic carbocycles. The molecule has 5 nitrogen and oxygen atoms in total. The lowest BCUT2D eigenvalue weighted by atomic mass is 9.82. The Hall–Kier alpha value is -1.85. The van der Waals surface area contributed by atoms with E-state index < -0.39 is 28.8 Å². The number of hydrogen-bond acceptors (Lipinski definition) is 5. The Morgan fingerprint density at radius 1 is 1.45 bits per heavy atom. The second-order valence-electron chi connectivity index (χ2n) is 5.15. The van der Waals surface area contributed by atoms with Crippen LogP contribution < -0.4 is 0 Å². The summed E-state index contributed by atoms with van der Waals surface area (Å²) in [6.07, 6.45) is 1.59. The molecule has 2 rings (SSSR count). The van der Waals surface area contributed by atoms with E-state index >= 15 is 0 Å². The van der Waals surface area contributed by atoms with Crippen LogP contribution in [0.1, 0.15) is 12.5 Å². The second-order valence-corrected chi connectivity index (χ2v) is 5.68. The monoisotopic (exact) mass is 324 g/mol. The van der Waals surface area contributed by atoms with E-state index in [2.05, 4.69) is 4.74 Å². The number of ether oxygens (including phenoxy) is 2. The van der Waals surface area contributed by atoms with Crippen LogP contribution in [0.4, 0.5) is 0 Å².